The van der Waals surface area contributed by atoms with Crippen LogP contribution in [0.3, 0.4) is 0 Å². The molecule has 1 aliphatic carbocycles. The fourth-order valence-electron chi connectivity index (χ4n) is 3.80. The Labute approximate surface area is 116 Å². The molecule has 0 amide bonds. The molecule has 110 valence electrons. The summed E-state index contributed by atoms with van der Waals surface area (Å²) in [4.78, 5) is 14.4. The predicted octanol–water partition coefficient (Wildman–Crippen LogP) is 1.79. The van der Waals surface area contributed by atoms with Crippen LogP contribution in [0, 0.1) is 5.92 Å². The molecule has 0 bridgehead atoms. The third-order valence-electron chi connectivity index (χ3n) is 4.71. The molecule has 0 aromatic carbocycles. The second-order valence-electron chi connectivity index (χ2n) is 5.88. The molecule has 1 saturated carbocycles. The van der Waals surface area contributed by atoms with Crippen molar-refractivity contribution in [1.82, 2.24) is 10.2 Å². The molecule has 1 saturated heterocycles. The van der Waals surface area contributed by atoms with E-state index >= 15 is 0 Å². The first-order chi connectivity index (χ1) is 9.26. The fourth-order valence-corrected chi connectivity index (χ4v) is 3.80. The molecule has 2 rings (SSSR count). The lowest BCUT2D eigenvalue weighted by atomic mass is 9.78. The minimum atomic E-state index is -0.171. The molecule has 2 aliphatic rings. The number of hydrogen-bond donors (Lipinski definition) is 1. The van der Waals surface area contributed by atoms with Crippen LogP contribution in [0.25, 0.3) is 0 Å². The summed E-state index contributed by atoms with van der Waals surface area (Å²) in [5.41, 5.74) is 0. The first kappa shape index (κ1) is 14.8. The average molecular weight is 268 g/mol. The zero-order chi connectivity index (χ0) is 13.7. The molecule has 0 aromatic heterocycles. The Morgan fingerprint density at radius 1 is 1.32 bits per heavy atom. The van der Waals surface area contributed by atoms with Crippen molar-refractivity contribution in [3.8, 4) is 0 Å². The minimum Gasteiger partial charge on any atom is -0.468 e. The summed E-state index contributed by atoms with van der Waals surface area (Å²) >= 11 is 0. The van der Waals surface area contributed by atoms with Crippen molar-refractivity contribution in [2.45, 2.75) is 57.5 Å². The van der Waals surface area contributed by atoms with Crippen LogP contribution < -0.4 is 5.32 Å². The summed E-state index contributed by atoms with van der Waals surface area (Å²) in [7, 11) is 1.48. The number of esters is 1. The van der Waals surface area contributed by atoms with Crippen molar-refractivity contribution < 1.29 is 9.53 Å². The number of carbonyl (C=O) groups excluding carboxylic acids is 1. The highest BCUT2D eigenvalue weighted by Gasteiger charge is 2.35. The number of likely N-dealkylation sites (N-methyl/N-ethyl adjacent to an activating group) is 1. The first-order valence-corrected chi connectivity index (χ1v) is 7.81. The van der Waals surface area contributed by atoms with Gasteiger partial charge in [0.05, 0.1) is 7.11 Å². The van der Waals surface area contributed by atoms with Gasteiger partial charge in [0, 0.05) is 12.6 Å². The molecular formula is C15H28N2O2. The molecule has 3 atom stereocenters. The molecule has 1 heterocycles. The zero-order valence-electron chi connectivity index (χ0n) is 12.4. The van der Waals surface area contributed by atoms with E-state index in [2.05, 4.69) is 10.2 Å². The van der Waals surface area contributed by atoms with Gasteiger partial charge in [0.1, 0.15) is 6.04 Å². The highest BCUT2D eigenvalue weighted by molar-refractivity contribution is 5.75. The SMILES string of the molecule is CCNC(CN1CCC[C@H]2CCCC[C@H]21)C(=O)OC. The number of hydrogen-bond acceptors (Lipinski definition) is 4. The number of rotatable bonds is 5. The van der Waals surface area contributed by atoms with Crippen LogP contribution in [0.15, 0.2) is 0 Å². The van der Waals surface area contributed by atoms with Gasteiger partial charge >= 0.3 is 5.97 Å². The van der Waals surface area contributed by atoms with Crippen LogP contribution in [-0.4, -0.2) is 49.7 Å². The van der Waals surface area contributed by atoms with E-state index in [1.165, 1.54) is 45.6 Å². The molecule has 4 nitrogen and oxygen atoms in total. The van der Waals surface area contributed by atoms with Crippen LogP contribution in [0.4, 0.5) is 0 Å². The molecule has 2 fully saturated rings. The summed E-state index contributed by atoms with van der Waals surface area (Å²) < 4.78 is 4.91. The Morgan fingerprint density at radius 3 is 2.79 bits per heavy atom. The number of ether oxygens (including phenoxy) is 1. The van der Waals surface area contributed by atoms with E-state index in [-0.39, 0.29) is 12.0 Å². The lowest BCUT2D eigenvalue weighted by Crippen LogP contribution is -2.54. The number of nitrogens with zero attached hydrogens (tertiary/aromatic N) is 1. The average Bonchev–Trinajstić information content (AvgIpc) is 2.46. The van der Waals surface area contributed by atoms with Crippen LogP contribution in [0.5, 0.6) is 0 Å². The van der Waals surface area contributed by atoms with Gasteiger partial charge in [-0.25, -0.2) is 0 Å². The number of likely N-dealkylation sites (tertiary alicyclic amines) is 1. The molecule has 19 heavy (non-hydrogen) atoms. The predicted molar refractivity (Wildman–Crippen MR) is 76.0 cm³/mol. The number of carbonyl (C=O) groups is 1. The maximum Gasteiger partial charge on any atom is 0.324 e. The van der Waals surface area contributed by atoms with E-state index in [1.54, 1.807) is 0 Å². The maximum absolute atomic E-state index is 11.8. The number of fused-ring (bicyclic) bond motifs is 1. The monoisotopic (exact) mass is 268 g/mol. The second-order valence-corrected chi connectivity index (χ2v) is 5.88. The molecule has 4 heteroatoms. The van der Waals surface area contributed by atoms with Crippen molar-refractivity contribution >= 4 is 5.97 Å². The number of methoxy groups -OCH3 is 1. The normalized spacial score (nSPS) is 29.6. The van der Waals surface area contributed by atoms with Gasteiger partial charge in [-0.3, -0.25) is 9.69 Å². The topological polar surface area (TPSA) is 41.6 Å². The van der Waals surface area contributed by atoms with E-state index in [0.717, 1.165) is 25.6 Å². The number of piperidine rings is 1. The highest BCUT2D eigenvalue weighted by Crippen LogP contribution is 2.35. The molecular weight excluding hydrogens is 240 g/mol. The highest BCUT2D eigenvalue weighted by atomic mass is 16.5. The van der Waals surface area contributed by atoms with Gasteiger partial charge in [0.25, 0.3) is 0 Å². The van der Waals surface area contributed by atoms with Crippen molar-refractivity contribution in [1.29, 1.82) is 0 Å². The molecule has 1 aliphatic heterocycles. The smallest absolute Gasteiger partial charge is 0.324 e. The summed E-state index contributed by atoms with van der Waals surface area (Å²) in [6.07, 6.45) is 8.09. The molecule has 0 aromatic rings. The van der Waals surface area contributed by atoms with Crippen molar-refractivity contribution in [3.05, 3.63) is 0 Å². The summed E-state index contributed by atoms with van der Waals surface area (Å²) in [6, 6.07) is 0.531. The van der Waals surface area contributed by atoms with Crippen LogP contribution in [0.2, 0.25) is 0 Å². The van der Waals surface area contributed by atoms with E-state index in [0.29, 0.717) is 6.04 Å². The summed E-state index contributed by atoms with van der Waals surface area (Å²) in [6.45, 7) is 4.79. The Balaban J connectivity index is 1.96. The van der Waals surface area contributed by atoms with Gasteiger partial charge < -0.3 is 10.1 Å². The van der Waals surface area contributed by atoms with E-state index < -0.39 is 0 Å². The van der Waals surface area contributed by atoms with Crippen LogP contribution in [-0.2, 0) is 9.53 Å². The van der Waals surface area contributed by atoms with Gasteiger partial charge in [0.15, 0.2) is 0 Å². The van der Waals surface area contributed by atoms with Crippen molar-refractivity contribution in [3.63, 3.8) is 0 Å². The van der Waals surface area contributed by atoms with Gasteiger partial charge in [-0.05, 0) is 44.7 Å². The molecule has 0 spiro atoms. The van der Waals surface area contributed by atoms with Crippen LogP contribution in [0.1, 0.15) is 45.4 Å². The quantitative estimate of drug-likeness (QED) is 0.772. The standard InChI is InChI=1S/C15H28N2O2/c1-3-16-13(15(18)19-2)11-17-10-6-8-12-7-4-5-9-14(12)17/h12-14,16H,3-11H2,1-2H3/t12-,13?,14-/m1/s1. The minimum absolute atomic E-state index is 0.125. The fraction of sp³-hybridized carbons (Fsp3) is 0.933. The third-order valence-corrected chi connectivity index (χ3v) is 4.71. The Bertz CT molecular complexity index is 294. The molecule has 1 N–H and O–H groups in total. The summed E-state index contributed by atoms with van der Waals surface area (Å²) in [5.74, 6) is 0.738. The zero-order valence-corrected chi connectivity index (χ0v) is 12.4. The lowest BCUT2D eigenvalue weighted by molar-refractivity contribution is -0.144. The largest absolute Gasteiger partial charge is 0.468 e. The van der Waals surface area contributed by atoms with Crippen molar-refractivity contribution in [2.24, 2.45) is 5.92 Å². The van der Waals surface area contributed by atoms with Gasteiger partial charge in [-0.1, -0.05) is 19.8 Å². The third kappa shape index (κ3) is 3.69. The van der Waals surface area contributed by atoms with E-state index in [1.807, 2.05) is 6.92 Å². The number of nitrogens with one attached hydrogen (secondary N) is 1. The lowest BCUT2D eigenvalue weighted by Gasteiger charge is -2.45. The van der Waals surface area contributed by atoms with E-state index in [4.69, 9.17) is 4.74 Å². The Hall–Kier alpha value is -0.610. The van der Waals surface area contributed by atoms with Gasteiger partial charge in [-0.2, -0.15) is 0 Å². The van der Waals surface area contributed by atoms with Crippen LogP contribution >= 0.6 is 0 Å². The van der Waals surface area contributed by atoms with Crippen molar-refractivity contribution in [2.75, 3.05) is 26.7 Å². The Kier molecular flexibility index (Phi) is 5.64. The molecule has 1 unspecified atom stereocenters. The second kappa shape index (κ2) is 7.25. The first-order valence-electron chi connectivity index (χ1n) is 7.81. The van der Waals surface area contributed by atoms with Gasteiger partial charge in [-0.15, -0.1) is 0 Å². The van der Waals surface area contributed by atoms with Gasteiger partial charge in [0.2, 0.25) is 0 Å². The Morgan fingerprint density at radius 2 is 2.05 bits per heavy atom. The maximum atomic E-state index is 11.8. The van der Waals surface area contributed by atoms with E-state index in [9.17, 15) is 4.79 Å². The molecule has 0 radical (unpaired) electrons. The summed E-state index contributed by atoms with van der Waals surface area (Å²) in [5, 5.41) is 3.26.